The van der Waals surface area contributed by atoms with Crippen LogP contribution in [0.2, 0.25) is 0 Å². The first-order valence-electron chi connectivity index (χ1n) is 26.3. The maximum atomic E-state index is 12.5. The van der Waals surface area contributed by atoms with E-state index in [-0.39, 0.29) is 6.61 Å². The zero-order chi connectivity index (χ0) is 43.0. The van der Waals surface area contributed by atoms with Gasteiger partial charge in [0.25, 0.3) is 0 Å². The standard InChI is InChI=1S/C54H103NO4/c1-3-5-7-9-11-13-15-17-19-21-23-24-25-26-27-28-29-31-33-35-37-39-41-43-45-47-49-53(58)54(59)55-51(50-56)52(57)48-46-44-42-40-38-36-34-32-30-22-20-18-16-14-12-10-8-6-4-2/h26-27,38,40,46,48,51-53,56-58H,3-25,28-37,39,41-45,47,49-50H2,1-2H3,(H,55,59)/b27-26-,40-38+,48-46+. The molecule has 5 heteroatoms. The Hall–Kier alpha value is -1.43. The molecule has 0 aliphatic carbocycles. The number of rotatable bonds is 48. The summed E-state index contributed by atoms with van der Waals surface area (Å²) in [6, 6.07) is -0.815. The lowest BCUT2D eigenvalue weighted by Crippen LogP contribution is -2.48. The van der Waals surface area contributed by atoms with Crippen LogP contribution >= 0.6 is 0 Å². The van der Waals surface area contributed by atoms with E-state index in [1.807, 2.05) is 6.08 Å². The van der Waals surface area contributed by atoms with Crippen LogP contribution in [0.15, 0.2) is 36.5 Å². The molecule has 0 bridgehead atoms. The van der Waals surface area contributed by atoms with Gasteiger partial charge in [0.2, 0.25) is 5.91 Å². The summed E-state index contributed by atoms with van der Waals surface area (Å²) in [4.78, 5) is 12.5. The Kier molecular flexibility index (Phi) is 48.0. The van der Waals surface area contributed by atoms with Crippen molar-refractivity contribution in [2.75, 3.05) is 6.61 Å². The summed E-state index contributed by atoms with van der Waals surface area (Å²) in [5.74, 6) is -0.511. The second-order valence-corrected chi connectivity index (χ2v) is 18.1. The molecule has 0 aliphatic rings. The molecule has 0 aromatic rings. The van der Waals surface area contributed by atoms with Crippen LogP contribution < -0.4 is 5.32 Å². The number of aliphatic hydroxyl groups excluding tert-OH is 3. The van der Waals surface area contributed by atoms with Gasteiger partial charge in [0.15, 0.2) is 0 Å². The van der Waals surface area contributed by atoms with E-state index in [1.165, 1.54) is 218 Å². The first kappa shape index (κ1) is 57.6. The second kappa shape index (κ2) is 49.2. The van der Waals surface area contributed by atoms with Crippen molar-refractivity contribution >= 4 is 5.91 Å². The number of amides is 1. The molecule has 1 amide bonds. The molecular formula is C54H103NO4. The first-order valence-corrected chi connectivity index (χ1v) is 26.3. The van der Waals surface area contributed by atoms with Gasteiger partial charge in [-0.25, -0.2) is 0 Å². The summed E-state index contributed by atoms with van der Waals surface area (Å²) >= 11 is 0. The normalized spacial score (nSPS) is 13.6. The van der Waals surface area contributed by atoms with Gasteiger partial charge in [-0.05, 0) is 57.8 Å². The highest BCUT2D eigenvalue weighted by molar-refractivity contribution is 5.80. The van der Waals surface area contributed by atoms with Crippen molar-refractivity contribution in [3.05, 3.63) is 36.5 Å². The van der Waals surface area contributed by atoms with Crippen LogP contribution in [0.25, 0.3) is 0 Å². The Morgan fingerprint density at radius 3 is 1.03 bits per heavy atom. The summed E-state index contributed by atoms with van der Waals surface area (Å²) in [6.45, 7) is 4.19. The Labute approximate surface area is 368 Å². The van der Waals surface area contributed by atoms with Gasteiger partial charge in [-0.1, -0.05) is 256 Å². The SMILES string of the molecule is CCCCCCCCCCCCCC/C=C\CCCCCCCCCCCCC(O)C(=O)NC(CO)C(O)/C=C/CC/C=C/CCCCCCCCCCCCCCC. The second-order valence-electron chi connectivity index (χ2n) is 18.1. The van der Waals surface area contributed by atoms with Crippen molar-refractivity contribution in [1.29, 1.82) is 0 Å². The Bertz CT molecular complexity index is 916. The van der Waals surface area contributed by atoms with E-state index < -0.39 is 24.2 Å². The lowest BCUT2D eigenvalue weighted by Gasteiger charge is -2.21. The molecule has 0 aromatic heterocycles. The molecular weight excluding hydrogens is 727 g/mol. The van der Waals surface area contributed by atoms with E-state index in [0.717, 1.165) is 38.5 Å². The predicted molar refractivity (Wildman–Crippen MR) is 259 cm³/mol. The minimum atomic E-state index is -1.11. The quantitative estimate of drug-likeness (QED) is 0.0363. The molecule has 0 aromatic carbocycles. The van der Waals surface area contributed by atoms with E-state index in [0.29, 0.717) is 6.42 Å². The summed E-state index contributed by atoms with van der Waals surface area (Å²) in [7, 11) is 0. The van der Waals surface area contributed by atoms with Gasteiger partial charge in [0.05, 0.1) is 18.8 Å². The fraction of sp³-hybridized carbons (Fsp3) is 0.870. The van der Waals surface area contributed by atoms with Gasteiger partial charge in [-0.2, -0.15) is 0 Å². The molecule has 5 nitrogen and oxygen atoms in total. The Balaban J connectivity index is 3.62. The first-order chi connectivity index (χ1) is 29.1. The van der Waals surface area contributed by atoms with Crippen molar-refractivity contribution in [3.8, 4) is 0 Å². The van der Waals surface area contributed by atoms with Crippen molar-refractivity contribution in [3.63, 3.8) is 0 Å². The van der Waals surface area contributed by atoms with Crippen molar-refractivity contribution in [2.45, 2.75) is 295 Å². The average molecular weight is 830 g/mol. The van der Waals surface area contributed by atoms with Gasteiger partial charge in [0, 0.05) is 0 Å². The predicted octanol–water partition coefficient (Wildman–Crippen LogP) is 15.9. The van der Waals surface area contributed by atoms with Crippen LogP contribution in [0.5, 0.6) is 0 Å². The highest BCUT2D eigenvalue weighted by Crippen LogP contribution is 2.16. The van der Waals surface area contributed by atoms with Crippen LogP contribution in [0.1, 0.15) is 277 Å². The molecule has 59 heavy (non-hydrogen) atoms. The van der Waals surface area contributed by atoms with E-state index in [1.54, 1.807) is 6.08 Å². The minimum Gasteiger partial charge on any atom is -0.394 e. The molecule has 0 aliphatic heterocycles. The number of allylic oxidation sites excluding steroid dienone is 5. The van der Waals surface area contributed by atoms with Crippen LogP contribution in [-0.4, -0.2) is 46.1 Å². The van der Waals surface area contributed by atoms with Crippen molar-refractivity contribution in [2.24, 2.45) is 0 Å². The molecule has 348 valence electrons. The molecule has 0 spiro atoms. The lowest BCUT2D eigenvalue weighted by molar-refractivity contribution is -0.131. The number of carbonyl (C=O) groups is 1. The van der Waals surface area contributed by atoms with Gasteiger partial charge < -0.3 is 20.6 Å². The molecule has 4 N–H and O–H groups in total. The Morgan fingerprint density at radius 2 is 0.695 bits per heavy atom. The van der Waals surface area contributed by atoms with E-state index in [9.17, 15) is 20.1 Å². The third-order valence-corrected chi connectivity index (χ3v) is 12.2. The zero-order valence-electron chi connectivity index (χ0n) is 39.6. The third kappa shape index (κ3) is 44.4. The number of carbonyl (C=O) groups excluding carboxylic acids is 1. The lowest BCUT2D eigenvalue weighted by atomic mass is 10.0. The van der Waals surface area contributed by atoms with Gasteiger partial charge >= 0.3 is 0 Å². The smallest absolute Gasteiger partial charge is 0.249 e. The fourth-order valence-electron chi connectivity index (χ4n) is 8.08. The van der Waals surface area contributed by atoms with E-state index in [4.69, 9.17) is 0 Å². The monoisotopic (exact) mass is 830 g/mol. The van der Waals surface area contributed by atoms with Gasteiger partial charge in [-0.3, -0.25) is 4.79 Å². The maximum absolute atomic E-state index is 12.5. The number of aliphatic hydroxyl groups is 3. The Morgan fingerprint density at radius 1 is 0.407 bits per heavy atom. The molecule has 3 unspecified atom stereocenters. The summed E-state index contributed by atoms with van der Waals surface area (Å²) < 4.78 is 0. The maximum Gasteiger partial charge on any atom is 0.249 e. The highest BCUT2D eigenvalue weighted by Gasteiger charge is 2.22. The van der Waals surface area contributed by atoms with Crippen LogP contribution in [0, 0.1) is 0 Å². The molecule has 0 fully saturated rings. The molecule has 0 radical (unpaired) electrons. The number of hydrogen-bond donors (Lipinski definition) is 4. The zero-order valence-corrected chi connectivity index (χ0v) is 39.6. The summed E-state index contributed by atoms with van der Waals surface area (Å²) in [5.41, 5.74) is 0. The minimum absolute atomic E-state index is 0.375. The number of unbranched alkanes of at least 4 members (excludes halogenated alkanes) is 36. The molecule has 0 saturated heterocycles. The number of nitrogens with one attached hydrogen (secondary N) is 1. The van der Waals surface area contributed by atoms with Crippen molar-refractivity contribution in [1.82, 2.24) is 5.32 Å². The van der Waals surface area contributed by atoms with Crippen molar-refractivity contribution < 1.29 is 20.1 Å². The molecule has 3 atom stereocenters. The van der Waals surface area contributed by atoms with E-state index >= 15 is 0 Å². The van der Waals surface area contributed by atoms with Crippen LogP contribution in [0.4, 0.5) is 0 Å². The summed E-state index contributed by atoms with van der Waals surface area (Å²) in [5, 5.41) is 33.3. The third-order valence-electron chi connectivity index (χ3n) is 12.2. The molecule has 0 saturated carbocycles. The number of hydrogen-bond acceptors (Lipinski definition) is 4. The topological polar surface area (TPSA) is 89.8 Å². The van der Waals surface area contributed by atoms with Crippen LogP contribution in [0.3, 0.4) is 0 Å². The molecule has 0 rings (SSSR count). The van der Waals surface area contributed by atoms with Gasteiger partial charge in [0.1, 0.15) is 6.10 Å². The summed E-state index contributed by atoms with van der Waals surface area (Å²) in [6.07, 6.45) is 63.5. The highest BCUT2D eigenvalue weighted by atomic mass is 16.3. The fourth-order valence-corrected chi connectivity index (χ4v) is 8.08. The average Bonchev–Trinajstić information content (AvgIpc) is 3.24. The van der Waals surface area contributed by atoms with E-state index in [2.05, 4.69) is 43.5 Å². The van der Waals surface area contributed by atoms with Gasteiger partial charge in [-0.15, -0.1) is 0 Å². The largest absolute Gasteiger partial charge is 0.394 e. The molecule has 0 heterocycles. The van der Waals surface area contributed by atoms with Crippen LogP contribution in [-0.2, 0) is 4.79 Å².